The third-order valence-electron chi connectivity index (χ3n) is 14.1. The van der Waals surface area contributed by atoms with Crippen molar-refractivity contribution in [1.82, 2.24) is 0 Å². The van der Waals surface area contributed by atoms with Crippen molar-refractivity contribution in [3.8, 4) is 0 Å². The molecule has 7 unspecified atom stereocenters. The predicted octanol–water partition coefficient (Wildman–Crippen LogP) is 19.0. The molecule has 0 aromatic carbocycles. The SMILES string of the molecule is CCCCCC(CCC)C[C](C(C)(C)C)C(CCC)(CC(C)C)C(CC(CCC)CCCCC)(C(C)CC)C(CCC)CC(CCC)CCCCC. The second-order valence-corrected chi connectivity index (χ2v) is 20.1. The Morgan fingerprint density at radius 1 is 0.462 bits per heavy atom. The highest BCUT2D eigenvalue weighted by Gasteiger charge is 2.62. The summed E-state index contributed by atoms with van der Waals surface area (Å²) in [6.45, 7) is 38.4. The van der Waals surface area contributed by atoms with Gasteiger partial charge in [0.2, 0.25) is 0 Å². The average molecular weight is 730 g/mol. The first-order chi connectivity index (χ1) is 24.8. The highest BCUT2D eigenvalue weighted by molar-refractivity contribution is 5.22. The molecular formula is C52H105. The molecule has 7 atom stereocenters. The molecule has 0 aromatic rings. The minimum atomic E-state index is 0.211. The van der Waals surface area contributed by atoms with Crippen LogP contribution < -0.4 is 0 Å². The van der Waals surface area contributed by atoms with Crippen LogP contribution in [0.4, 0.5) is 0 Å². The van der Waals surface area contributed by atoms with Gasteiger partial charge < -0.3 is 0 Å². The molecule has 0 aliphatic carbocycles. The van der Waals surface area contributed by atoms with Gasteiger partial charge in [0.1, 0.15) is 0 Å². The van der Waals surface area contributed by atoms with Gasteiger partial charge in [-0.25, -0.2) is 0 Å². The highest BCUT2D eigenvalue weighted by atomic mass is 14.7. The number of unbranched alkanes of at least 4 members (excludes halogenated alkanes) is 6. The molecule has 0 saturated carbocycles. The molecule has 0 bridgehead atoms. The summed E-state index contributed by atoms with van der Waals surface area (Å²) in [7, 11) is 0. The monoisotopic (exact) mass is 730 g/mol. The van der Waals surface area contributed by atoms with Crippen molar-refractivity contribution in [2.75, 3.05) is 0 Å². The van der Waals surface area contributed by atoms with Gasteiger partial charge in [0.05, 0.1) is 0 Å². The van der Waals surface area contributed by atoms with Gasteiger partial charge in [-0.05, 0) is 89.8 Å². The summed E-state index contributed by atoms with van der Waals surface area (Å²) in [6, 6.07) is 0. The Hall–Kier alpha value is 0. The summed E-state index contributed by atoms with van der Waals surface area (Å²) < 4.78 is 0. The first kappa shape index (κ1) is 52.0. The predicted molar refractivity (Wildman–Crippen MR) is 241 cm³/mol. The lowest BCUT2D eigenvalue weighted by Gasteiger charge is -2.66. The second-order valence-electron chi connectivity index (χ2n) is 20.1. The Balaban J connectivity index is 8.37. The van der Waals surface area contributed by atoms with Crippen LogP contribution in [-0.2, 0) is 0 Å². The average Bonchev–Trinajstić information content (AvgIpc) is 3.08. The largest absolute Gasteiger partial charge is 0.0654 e. The highest BCUT2D eigenvalue weighted by Crippen LogP contribution is 2.70. The van der Waals surface area contributed by atoms with E-state index in [1.165, 1.54) is 173 Å². The van der Waals surface area contributed by atoms with Gasteiger partial charge in [-0.1, -0.05) is 245 Å². The van der Waals surface area contributed by atoms with Gasteiger partial charge in [0.25, 0.3) is 0 Å². The minimum Gasteiger partial charge on any atom is -0.0654 e. The molecule has 0 amide bonds. The first-order valence-electron chi connectivity index (χ1n) is 24.6. The molecule has 313 valence electrons. The van der Waals surface area contributed by atoms with E-state index in [1.807, 2.05) is 5.92 Å². The molecule has 0 fully saturated rings. The van der Waals surface area contributed by atoms with Crippen molar-refractivity contribution >= 4 is 0 Å². The summed E-state index contributed by atoms with van der Waals surface area (Å²) in [4.78, 5) is 0. The lowest BCUT2D eigenvalue weighted by Crippen LogP contribution is -2.58. The van der Waals surface area contributed by atoms with Crippen LogP contribution in [0, 0.1) is 57.7 Å². The molecule has 1 radical (unpaired) electrons. The van der Waals surface area contributed by atoms with Gasteiger partial charge in [0, 0.05) is 0 Å². The summed E-state index contributed by atoms with van der Waals surface area (Å²) in [6.07, 6.45) is 37.8. The molecule has 0 heteroatoms. The van der Waals surface area contributed by atoms with Crippen molar-refractivity contribution in [1.29, 1.82) is 0 Å². The van der Waals surface area contributed by atoms with Crippen molar-refractivity contribution in [2.45, 2.75) is 277 Å². The van der Waals surface area contributed by atoms with Crippen molar-refractivity contribution in [2.24, 2.45) is 51.8 Å². The lowest BCUT2D eigenvalue weighted by atomic mass is 9.38. The fourth-order valence-electron chi connectivity index (χ4n) is 12.1. The third-order valence-corrected chi connectivity index (χ3v) is 14.1. The molecule has 0 aliphatic rings. The van der Waals surface area contributed by atoms with Crippen LogP contribution in [-0.4, -0.2) is 0 Å². The standard InChI is InChI=1S/C52H105/c1-16-25-28-35-45(31-19-4)39-48(34-22-7)52(44(12)24-9,42-47(33-21-6)37-30-27-18-3)51(38-23-8,41-43(10)11)49(50(13,14)15)40-46(32-20-5)36-29-26-17-2/h43-48H,16-42H2,1-15H3. The Labute approximate surface area is 333 Å². The van der Waals surface area contributed by atoms with Crippen LogP contribution in [0.5, 0.6) is 0 Å². The maximum atomic E-state index is 2.80. The Morgan fingerprint density at radius 3 is 1.35 bits per heavy atom. The molecule has 0 saturated heterocycles. The molecule has 0 rings (SSSR count). The third kappa shape index (κ3) is 17.0. The summed E-state index contributed by atoms with van der Waals surface area (Å²) in [5.74, 6) is 6.87. The fourth-order valence-corrected chi connectivity index (χ4v) is 12.1. The van der Waals surface area contributed by atoms with Gasteiger partial charge in [-0.3, -0.25) is 0 Å². The van der Waals surface area contributed by atoms with Crippen LogP contribution in [0.25, 0.3) is 0 Å². The topological polar surface area (TPSA) is 0 Å². The minimum absolute atomic E-state index is 0.211. The van der Waals surface area contributed by atoms with E-state index in [-0.39, 0.29) is 10.8 Å². The van der Waals surface area contributed by atoms with Crippen LogP contribution in [0.3, 0.4) is 0 Å². The van der Waals surface area contributed by atoms with E-state index < -0.39 is 0 Å². The molecule has 0 aliphatic heterocycles. The van der Waals surface area contributed by atoms with Gasteiger partial charge in [-0.2, -0.15) is 0 Å². The van der Waals surface area contributed by atoms with Gasteiger partial charge in [0.15, 0.2) is 0 Å². The van der Waals surface area contributed by atoms with Crippen LogP contribution >= 0.6 is 0 Å². The molecule has 0 N–H and O–H groups in total. The Bertz CT molecular complexity index is 786. The summed E-state index contributed by atoms with van der Waals surface area (Å²) in [5, 5.41) is 0. The maximum Gasteiger partial charge on any atom is -0.0117 e. The second kappa shape index (κ2) is 29.3. The van der Waals surface area contributed by atoms with E-state index in [9.17, 15) is 0 Å². The number of hydrogen-bond acceptors (Lipinski definition) is 0. The summed E-state index contributed by atoms with van der Waals surface area (Å²) >= 11 is 0. The van der Waals surface area contributed by atoms with Crippen molar-refractivity contribution < 1.29 is 0 Å². The van der Waals surface area contributed by atoms with Gasteiger partial charge >= 0.3 is 0 Å². The fraction of sp³-hybridized carbons (Fsp3) is 0.981. The Morgan fingerprint density at radius 2 is 0.923 bits per heavy atom. The number of rotatable bonds is 35. The lowest BCUT2D eigenvalue weighted by molar-refractivity contribution is -0.124. The zero-order chi connectivity index (χ0) is 39.6. The maximum absolute atomic E-state index is 2.80. The van der Waals surface area contributed by atoms with E-state index in [2.05, 4.69) is 104 Å². The van der Waals surface area contributed by atoms with E-state index in [1.54, 1.807) is 0 Å². The molecule has 0 aromatic heterocycles. The number of hydrogen-bond donors (Lipinski definition) is 0. The molecule has 0 nitrogen and oxygen atoms in total. The molecule has 52 heavy (non-hydrogen) atoms. The van der Waals surface area contributed by atoms with Gasteiger partial charge in [-0.15, -0.1) is 0 Å². The van der Waals surface area contributed by atoms with Crippen LogP contribution in [0.15, 0.2) is 0 Å². The van der Waals surface area contributed by atoms with Crippen molar-refractivity contribution in [3.63, 3.8) is 0 Å². The molecular weight excluding hydrogens is 625 g/mol. The quantitative estimate of drug-likeness (QED) is 0.0570. The van der Waals surface area contributed by atoms with Crippen molar-refractivity contribution in [3.05, 3.63) is 5.92 Å². The van der Waals surface area contributed by atoms with Crippen LogP contribution in [0.2, 0.25) is 0 Å². The Kier molecular flexibility index (Phi) is 29.3. The zero-order valence-electron chi connectivity index (χ0n) is 39.6. The normalized spacial score (nSPS) is 17.9. The smallest absolute Gasteiger partial charge is 0.0117 e. The summed E-state index contributed by atoms with van der Waals surface area (Å²) in [5.41, 5.74) is 0.823. The first-order valence-corrected chi connectivity index (χ1v) is 24.6. The van der Waals surface area contributed by atoms with E-state index in [0.29, 0.717) is 11.3 Å². The van der Waals surface area contributed by atoms with E-state index >= 15 is 0 Å². The van der Waals surface area contributed by atoms with E-state index in [4.69, 9.17) is 0 Å². The van der Waals surface area contributed by atoms with Crippen LogP contribution in [0.1, 0.15) is 277 Å². The zero-order valence-corrected chi connectivity index (χ0v) is 39.6. The van der Waals surface area contributed by atoms with E-state index in [0.717, 1.165) is 29.6 Å². The molecule has 0 spiro atoms. The molecule has 0 heterocycles.